The first-order chi connectivity index (χ1) is 5.33. The molecule has 0 nitrogen and oxygen atoms in total. The van der Waals surface area contributed by atoms with Crippen molar-refractivity contribution < 1.29 is 0 Å². The third-order valence-corrected chi connectivity index (χ3v) is 3.64. The molecule has 1 saturated carbocycles. The summed E-state index contributed by atoms with van der Waals surface area (Å²) in [4.78, 5) is 0. The van der Waals surface area contributed by atoms with Gasteiger partial charge in [0, 0.05) is 11.1 Å². The molecule has 0 aromatic carbocycles. The number of rotatable bonds is 6. The second kappa shape index (κ2) is 5.31. The van der Waals surface area contributed by atoms with Gasteiger partial charge in [0.15, 0.2) is 0 Å². The first-order valence-corrected chi connectivity index (χ1v) is 6.09. The number of halogens is 1. The first-order valence-electron chi connectivity index (χ1n) is 4.50. The van der Waals surface area contributed by atoms with Crippen LogP contribution in [0.1, 0.15) is 32.6 Å². The molecule has 1 atom stereocenters. The van der Waals surface area contributed by atoms with Crippen LogP contribution in [-0.4, -0.2) is 16.9 Å². The largest absolute Gasteiger partial charge is 0.159 e. The summed E-state index contributed by atoms with van der Waals surface area (Å²) in [6.07, 6.45) is 5.59. The highest BCUT2D eigenvalue weighted by Crippen LogP contribution is 2.34. The average Bonchev–Trinajstić information content (AvgIpc) is 2.72. The molecule has 0 amide bonds. The van der Waals surface area contributed by atoms with Crippen molar-refractivity contribution in [1.82, 2.24) is 0 Å². The van der Waals surface area contributed by atoms with Crippen molar-refractivity contribution >= 4 is 23.4 Å². The SMILES string of the molecule is CC(CCCl)SCCC1CC1. The van der Waals surface area contributed by atoms with E-state index in [2.05, 4.69) is 18.7 Å². The van der Waals surface area contributed by atoms with Gasteiger partial charge in [0.2, 0.25) is 0 Å². The molecular weight excluding hydrogens is 176 g/mol. The minimum atomic E-state index is 0.770. The Hall–Kier alpha value is 0.640. The Kier molecular flexibility index (Phi) is 4.70. The highest BCUT2D eigenvalue weighted by atomic mass is 35.5. The molecule has 0 bridgehead atoms. The summed E-state index contributed by atoms with van der Waals surface area (Å²) in [5.41, 5.74) is 0. The zero-order valence-corrected chi connectivity index (χ0v) is 8.76. The van der Waals surface area contributed by atoms with Crippen molar-refractivity contribution in [2.24, 2.45) is 5.92 Å². The van der Waals surface area contributed by atoms with Gasteiger partial charge < -0.3 is 0 Å². The van der Waals surface area contributed by atoms with Crippen molar-refractivity contribution in [3.8, 4) is 0 Å². The lowest BCUT2D eigenvalue weighted by molar-refractivity contribution is 0.803. The molecule has 0 spiro atoms. The maximum atomic E-state index is 5.64. The molecule has 0 aliphatic heterocycles. The van der Waals surface area contributed by atoms with Gasteiger partial charge in [-0.2, -0.15) is 11.8 Å². The molecule has 0 N–H and O–H groups in total. The van der Waals surface area contributed by atoms with Gasteiger partial charge in [-0.05, 0) is 24.5 Å². The van der Waals surface area contributed by atoms with E-state index in [0.717, 1.165) is 23.5 Å². The van der Waals surface area contributed by atoms with E-state index in [4.69, 9.17) is 11.6 Å². The minimum absolute atomic E-state index is 0.770. The second-order valence-corrected chi connectivity index (χ2v) is 5.32. The van der Waals surface area contributed by atoms with Crippen LogP contribution in [0.15, 0.2) is 0 Å². The normalized spacial score (nSPS) is 20.2. The fourth-order valence-corrected chi connectivity index (χ4v) is 2.69. The summed E-state index contributed by atoms with van der Waals surface area (Å²) in [6, 6.07) is 0. The molecule has 0 heterocycles. The molecule has 11 heavy (non-hydrogen) atoms. The molecule has 1 rings (SSSR count). The van der Waals surface area contributed by atoms with E-state index in [0.29, 0.717) is 0 Å². The highest BCUT2D eigenvalue weighted by Gasteiger charge is 2.20. The smallest absolute Gasteiger partial charge is 0.0233 e. The number of hydrogen-bond donors (Lipinski definition) is 0. The molecule has 1 aliphatic carbocycles. The van der Waals surface area contributed by atoms with Gasteiger partial charge in [0.25, 0.3) is 0 Å². The molecule has 0 saturated heterocycles. The zero-order valence-electron chi connectivity index (χ0n) is 7.18. The van der Waals surface area contributed by atoms with Crippen LogP contribution in [0, 0.1) is 5.92 Å². The predicted octanol–water partition coefficient (Wildman–Crippen LogP) is 3.54. The van der Waals surface area contributed by atoms with Crippen molar-refractivity contribution in [2.75, 3.05) is 11.6 Å². The predicted molar refractivity (Wildman–Crippen MR) is 54.6 cm³/mol. The molecule has 1 unspecified atom stereocenters. The van der Waals surface area contributed by atoms with E-state index < -0.39 is 0 Å². The third kappa shape index (κ3) is 4.97. The Bertz CT molecular complexity index is 102. The Balaban J connectivity index is 1.84. The highest BCUT2D eigenvalue weighted by molar-refractivity contribution is 7.99. The van der Waals surface area contributed by atoms with Gasteiger partial charge in [0.1, 0.15) is 0 Å². The number of alkyl halides is 1. The summed E-state index contributed by atoms with van der Waals surface area (Å²) in [5, 5.41) is 0.770. The monoisotopic (exact) mass is 192 g/mol. The van der Waals surface area contributed by atoms with Gasteiger partial charge in [0.05, 0.1) is 0 Å². The first kappa shape index (κ1) is 9.73. The molecule has 1 fully saturated rings. The van der Waals surface area contributed by atoms with Crippen molar-refractivity contribution in [3.63, 3.8) is 0 Å². The standard InChI is InChI=1S/C9H17ClS/c1-8(4-6-10)11-7-5-9-2-3-9/h8-9H,2-7H2,1H3. The van der Waals surface area contributed by atoms with Crippen LogP contribution < -0.4 is 0 Å². The molecule has 66 valence electrons. The van der Waals surface area contributed by atoms with E-state index in [1.54, 1.807) is 0 Å². The lowest BCUT2D eigenvalue weighted by Gasteiger charge is -2.07. The molecule has 0 aromatic heterocycles. The Labute approximate surface area is 79.1 Å². The number of thioether (sulfide) groups is 1. The molecular formula is C9H17ClS. The maximum Gasteiger partial charge on any atom is 0.0233 e. The van der Waals surface area contributed by atoms with Crippen molar-refractivity contribution in [3.05, 3.63) is 0 Å². The van der Waals surface area contributed by atoms with Gasteiger partial charge in [-0.15, -0.1) is 11.6 Å². The summed E-state index contributed by atoms with van der Waals surface area (Å²) in [7, 11) is 0. The lowest BCUT2D eigenvalue weighted by Crippen LogP contribution is -1.98. The van der Waals surface area contributed by atoms with E-state index in [-0.39, 0.29) is 0 Å². The van der Waals surface area contributed by atoms with Crippen LogP contribution in [0.5, 0.6) is 0 Å². The van der Waals surface area contributed by atoms with E-state index in [9.17, 15) is 0 Å². The lowest BCUT2D eigenvalue weighted by atomic mass is 10.3. The van der Waals surface area contributed by atoms with Gasteiger partial charge in [-0.3, -0.25) is 0 Å². The van der Waals surface area contributed by atoms with E-state index >= 15 is 0 Å². The second-order valence-electron chi connectivity index (χ2n) is 3.39. The summed E-state index contributed by atoms with van der Waals surface area (Å²) in [5.74, 6) is 3.26. The zero-order chi connectivity index (χ0) is 8.10. The molecule has 2 heteroatoms. The number of hydrogen-bond acceptors (Lipinski definition) is 1. The molecule has 0 aromatic rings. The fraction of sp³-hybridized carbons (Fsp3) is 1.00. The Morgan fingerprint density at radius 1 is 1.55 bits per heavy atom. The fourth-order valence-electron chi connectivity index (χ4n) is 1.08. The van der Waals surface area contributed by atoms with Crippen LogP contribution >= 0.6 is 23.4 Å². The van der Waals surface area contributed by atoms with Crippen LogP contribution in [0.3, 0.4) is 0 Å². The minimum Gasteiger partial charge on any atom is -0.159 e. The van der Waals surface area contributed by atoms with E-state index in [1.807, 2.05) is 0 Å². The Morgan fingerprint density at radius 3 is 2.82 bits per heavy atom. The van der Waals surface area contributed by atoms with Crippen LogP contribution in [-0.2, 0) is 0 Å². The quantitative estimate of drug-likeness (QED) is 0.581. The average molecular weight is 193 g/mol. The topological polar surface area (TPSA) is 0 Å². The van der Waals surface area contributed by atoms with Gasteiger partial charge in [-0.1, -0.05) is 19.8 Å². The van der Waals surface area contributed by atoms with E-state index in [1.165, 1.54) is 25.0 Å². The van der Waals surface area contributed by atoms with Gasteiger partial charge >= 0.3 is 0 Å². The summed E-state index contributed by atoms with van der Waals surface area (Å²) >= 11 is 7.72. The molecule has 1 aliphatic rings. The third-order valence-electron chi connectivity index (χ3n) is 2.14. The van der Waals surface area contributed by atoms with Crippen LogP contribution in [0.2, 0.25) is 0 Å². The van der Waals surface area contributed by atoms with Crippen molar-refractivity contribution in [2.45, 2.75) is 37.9 Å². The van der Waals surface area contributed by atoms with Crippen LogP contribution in [0.25, 0.3) is 0 Å². The Morgan fingerprint density at radius 2 is 2.27 bits per heavy atom. The summed E-state index contributed by atoms with van der Waals surface area (Å²) in [6.45, 7) is 2.28. The van der Waals surface area contributed by atoms with Gasteiger partial charge in [-0.25, -0.2) is 0 Å². The maximum absolute atomic E-state index is 5.64. The summed E-state index contributed by atoms with van der Waals surface area (Å²) < 4.78 is 0. The van der Waals surface area contributed by atoms with Crippen LogP contribution in [0.4, 0.5) is 0 Å². The molecule has 0 radical (unpaired) electrons. The van der Waals surface area contributed by atoms with Crippen molar-refractivity contribution in [1.29, 1.82) is 0 Å².